The van der Waals surface area contributed by atoms with Gasteiger partial charge in [-0.15, -0.1) is 0 Å². The maximum atomic E-state index is 11.5. The Kier molecular flexibility index (Phi) is 5.13. The van der Waals surface area contributed by atoms with Crippen LogP contribution in [0.5, 0.6) is 0 Å². The molecule has 0 fully saturated rings. The lowest BCUT2D eigenvalue weighted by molar-refractivity contribution is -0.124. The molecule has 0 aliphatic rings. The van der Waals surface area contributed by atoms with Crippen LogP contribution in [0, 0.1) is 5.92 Å². The van der Waals surface area contributed by atoms with Crippen molar-refractivity contribution in [3.05, 3.63) is 0 Å². The Hall–Kier alpha value is -0.570. The highest BCUT2D eigenvalue weighted by Crippen LogP contribution is 2.11. The molecule has 0 aliphatic carbocycles. The predicted molar refractivity (Wildman–Crippen MR) is 58.0 cm³/mol. The van der Waals surface area contributed by atoms with E-state index in [9.17, 15) is 9.90 Å². The fourth-order valence-corrected chi connectivity index (χ4v) is 0.976. The van der Waals surface area contributed by atoms with Gasteiger partial charge in [0.15, 0.2) is 0 Å². The summed E-state index contributed by atoms with van der Waals surface area (Å²) in [4.78, 5) is 11.5. The molecular weight excluding hydrogens is 178 g/mol. The van der Waals surface area contributed by atoms with Crippen molar-refractivity contribution in [1.29, 1.82) is 0 Å². The number of nitrogens with one attached hydrogen (secondary N) is 1. The first-order valence-electron chi connectivity index (χ1n) is 5.28. The number of hydrogen-bond acceptors (Lipinski definition) is 2. The van der Waals surface area contributed by atoms with Crippen LogP contribution in [-0.2, 0) is 4.79 Å². The summed E-state index contributed by atoms with van der Waals surface area (Å²) in [6, 6.07) is 0. The van der Waals surface area contributed by atoms with E-state index < -0.39 is 11.6 Å². The Bertz CT molecular complexity index is 188. The minimum atomic E-state index is -0.539. The fourth-order valence-electron chi connectivity index (χ4n) is 0.976. The molecule has 0 spiro atoms. The molecule has 0 aromatic carbocycles. The van der Waals surface area contributed by atoms with E-state index in [2.05, 4.69) is 19.2 Å². The lowest BCUT2D eigenvalue weighted by Gasteiger charge is -2.29. The molecule has 0 aromatic heterocycles. The Morgan fingerprint density at radius 2 is 1.93 bits per heavy atom. The second kappa shape index (κ2) is 5.35. The van der Waals surface area contributed by atoms with Gasteiger partial charge in [-0.05, 0) is 26.7 Å². The molecule has 0 saturated heterocycles. The summed E-state index contributed by atoms with van der Waals surface area (Å²) in [5.41, 5.74) is -0.537. The van der Waals surface area contributed by atoms with Gasteiger partial charge in [0.05, 0.1) is 11.6 Å². The fraction of sp³-hybridized carbons (Fsp3) is 0.909. The number of carbonyl (C=O) groups excluding carboxylic acids is 1. The van der Waals surface area contributed by atoms with E-state index in [1.165, 1.54) is 0 Å². The van der Waals surface area contributed by atoms with Crippen LogP contribution in [-0.4, -0.2) is 22.7 Å². The summed E-state index contributed by atoms with van der Waals surface area (Å²) in [5, 5.41) is 12.2. The number of hydrogen-bond donors (Lipinski definition) is 2. The van der Waals surface area contributed by atoms with Crippen LogP contribution in [0.1, 0.15) is 47.5 Å². The van der Waals surface area contributed by atoms with Crippen LogP contribution in [0.15, 0.2) is 0 Å². The maximum Gasteiger partial charge on any atom is 0.220 e. The van der Waals surface area contributed by atoms with E-state index in [0.717, 1.165) is 6.42 Å². The Morgan fingerprint density at radius 1 is 1.43 bits per heavy atom. The van der Waals surface area contributed by atoms with E-state index in [4.69, 9.17) is 0 Å². The molecule has 2 N–H and O–H groups in total. The summed E-state index contributed by atoms with van der Waals surface area (Å²) >= 11 is 0. The van der Waals surface area contributed by atoms with Gasteiger partial charge in [-0.2, -0.15) is 0 Å². The van der Waals surface area contributed by atoms with Crippen LogP contribution >= 0.6 is 0 Å². The molecule has 2 atom stereocenters. The van der Waals surface area contributed by atoms with Crippen LogP contribution in [0.25, 0.3) is 0 Å². The van der Waals surface area contributed by atoms with Crippen molar-refractivity contribution in [2.75, 3.05) is 0 Å². The van der Waals surface area contributed by atoms with Crippen LogP contribution in [0.4, 0.5) is 0 Å². The Balaban J connectivity index is 4.06. The molecule has 0 aromatic rings. The van der Waals surface area contributed by atoms with Crippen molar-refractivity contribution in [2.45, 2.75) is 59.1 Å². The first-order chi connectivity index (χ1) is 6.29. The Morgan fingerprint density at radius 3 is 2.29 bits per heavy atom. The molecule has 0 aliphatic heterocycles. The van der Waals surface area contributed by atoms with Gasteiger partial charge in [-0.3, -0.25) is 4.79 Å². The quantitative estimate of drug-likeness (QED) is 0.711. The molecule has 0 radical (unpaired) electrons. The Labute approximate surface area is 86.9 Å². The lowest BCUT2D eigenvalue weighted by Crippen LogP contribution is -2.51. The van der Waals surface area contributed by atoms with Gasteiger partial charge in [0.1, 0.15) is 0 Å². The molecule has 0 bridgehead atoms. The van der Waals surface area contributed by atoms with E-state index in [0.29, 0.717) is 12.3 Å². The van der Waals surface area contributed by atoms with E-state index in [1.54, 1.807) is 6.92 Å². The highest BCUT2D eigenvalue weighted by atomic mass is 16.3. The number of carbonyl (C=O) groups is 1. The molecule has 3 heteroatoms. The van der Waals surface area contributed by atoms with Gasteiger partial charge in [-0.25, -0.2) is 0 Å². The third kappa shape index (κ3) is 4.61. The molecule has 2 unspecified atom stereocenters. The monoisotopic (exact) mass is 201 g/mol. The summed E-state index contributed by atoms with van der Waals surface area (Å²) in [6.45, 7) is 9.45. The van der Waals surface area contributed by atoms with Gasteiger partial charge in [-0.1, -0.05) is 20.3 Å². The van der Waals surface area contributed by atoms with Crippen molar-refractivity contribution in [3.63, 3.8) is 0 Å². The second-order valence-corrected chi connectivity index (χ2v) is 4.66. The number of rotatable bonds is 5. The third-order valence-corrected chi connectivity index (χ3v) is 2.74. The average Bonchev–Trinajstić information content (AvgIpc) is 2.02. The van der Waals surface area contributed by atoms with Gasteiger partial charge in [0, 0.05) is 6.42 Å². The molecule has 3 nitrogen and oxygen atoms in total. The van der Waals surface area contributed by atoms with Gasteiger partial charge >= 0.3 is 0 Å². The number of amides is 1. The number of aliphatic hydroxyl groups excluding tert-OH is 1. The SMILES string of the molecule is CCC(C)CC(=O)NC(C)(C)C(C)O. The van der Waals surface area contributed by atoms with Crippen molar-refractivity contribution in [2.24, 2.45) is 5.92 Å². The summed E-state index contributed by atoms with van der Waals surface area (Å²) in [6.07, 6.45) is 0.998. The third-order valence-electron chi connectivity index (χ3n) is 2.74. The zero-order valence-corrected chi connectivity index (χ0v) is 9.92. The van der Waals surface area contributed by atoms with Crippen LogP contribution < -0.4 is 5.32 Å². The highest BCUT2D eigenvalue weighted by Gasteiger charge is 2.26. The van der Waals surface area contributed by atoms with E-state index in [-0.39, 0.29) is 5.91 Å². The maximum absolute atomic E-state index is 11.5. The lowest BCUT2D eigenvalue weighted by atomic mass is 9.97. The van der Waals surface area contributed by atoms with Crippen LogP contribution in [0.3, 0.4) is 0 Å². The molecule has 1 amide bonds. The zero-order chi connectivity index (χ0) is 11.4. The zero-order valence-electron chi connectivity index (χ0n) is 9.92. The van der Waals surface area contributed by atoms with Gasteiger partial charge in [0.25, 0.3) is 0 Å². The highest BCUT2D eigenvalue weighted by molar-refractivity contribution is 5.77. The van der Waals surface area contributed by atoms with Crippen molar-refractivity contribution in [1.82, 2.24) is 5.32 Å². The normalized spacial score (nSPS) is 16.1. The van der Waals surface area contributed by atoms with Crippen molar-refractivity contribution < 1.29 is 9.90 Å². The predicted octanol–water partition coefficient (Wildman–Crippen LogP) is 1.70. The number of aliphatic hydroxyl groups is 1. The molecule has 14 heavy (non-hydrogen) atoms. The molecule has 84 valence electrons. The minimum absolute atomic E-state index is 0.0188. The van der Waals surface area contributed by atoms with Gasteiger partial charge in [0.2, 0.25) is 5.91 Å². The first-order valence-corrected chi connectivity index (χ1v) is 5.28. The smallest absolute Gasteiger partial charge is 0.220 e. The molecular formula is C11H23NO2. The van der Waals surface area contributed by atoms with E-state index in [1.807, 2.05) is 13.8 Å². The summed E-state index contributed by atoms with van der Waals surface area (Å²) in [7, 11) is 0. The summed E-state index contributed by atoms with van der Waals surface area (Å²) < 4.78 is 0. The van der Waals surface area contributed by atoms with Gasteiger partial charge < -0.3 is 10.4 Å². The largest absolute Gasteiger partial charge is 0.391 e. The van der Waals surface area contributed by atoms with Crippen molar-refractivity contribution in [3.8, 4) is 0 Å². The molecule has 0 heterocycles. The van der Waals surface area contributed by atoms with E-state index >= 15 is 0 Å². The molecule has 0 saturated carbocycles. The summed E-state index contributed by atoms with van der Waals surface area (Å²) in [5.74, 6) is 0.421. The second-order valence-electron chi connectivity index (χ2n) is 4.66. The molecule has 0 rings (SSSR count). The minimum Gasteiger partial charge on any atom is -0.391 e. The first kappa shape index (κ1) is 13.4. The topological polar surface area (TPSA) is 49.3 Å². The van der Waals surface area contributed by atoms with Crippen LogP contribution in [0.2, 0.25) is 0 Å². The average molecular weight is 201 g/mol. The van der Waals surface area contributed by atoms with Crippen molar-refractivity contribution >= 4 is 5.91 Å². The standard InChI is InChI=1S/C11H23NO2/c1-6-8(2)7-10(14)12-11(4,5)9(3)13/h8-9,13H,6-7H2,1-5H3,(H,12,14).